The summed E-state index contributed by atoms with van der Waals surface area (Å²) in [4.78, 5) is 8.80. The zero-order chi connectivity index (χ0) is 16.5. The fourth-order valence-corrected chi connectivity index (χ4v) is 2.95. The minimum absolute atomic E-state index is 0.255. The van der Waals surface area contributed by atoms with E-state index in [2.05, 4.69) is 34.2 Å². The SMILES string of the molecule is Nc1nc(-c2ccc(Cl)cc2)cc(-c2cccc3ccccc23)n1. The lowest BCUT2D eigenvalue weighted by Gasteiger charge is -2.09. The Kier molecular flexibility index (Phi) is 3.63. The van der Waals surface area contributed by atoms with E-state index >= 15 is 0 Å². The van der Waals surface area contributed by atoms with E-state index in [0.29, 0.717) is 5.02 Å². The first-order valence-corrected chi connectivity index (χ1v) is 7.97. The van der Waals surface area contributed by atoms with Gasteiger partial charge in [0.05, 0.1) is 11.4 Å². The molecule has 3 aromatic carbocycles. The molecule has 1 aromatic heterocycles. The molecule has 24 heavy (non-hydrogen) atoms. The van der Waals surface area contributed by atoms with Crippen molar-refractivity contribution in [3.05, 3.63) is 77.8 Å². The Morgan fingerprint density at radius 2 is 1.46 bits per heavy atom. The molecular formula is C20H14ClN3. The van der Waals surface area contributed by atoms with Crippen LogP contribution < -0.4 is 5.73 Å². The van der Waals surface area contributed by atoms with Crippen LogP contribution >= 0.6 is 11.6 Å². The van der Waals surface area contributed by atoms with Gasteiger partial charge in [0.15, 0.2) is 0 Å². The van der Waals surface area contributed by atoms with E-state index in [-0.39, 0.29) is 5.95 Å². The Morgan fingerprint density at radius 3 is 2.29 bits per heavy atom. The molecular weight excluding hydrogens is 318 g/mol. The zero-order valence-electron chi connectivity index (χ0n) is 12.8. The molecule has 4 aromatic rings. The van der Waals surface area contributed by atoms with Crippen molar-refractivity contribution in [2.24, 2.45) is 0 Å². The molecule has 0 aliphatic rings. The maximum atomic E-state index is 5.97. The van der Waals surface area contributed by atoms with Crippen LogP contribution in [0.3, 0.4) is 0 Å². The van der Waals surface area contributed by atoms with Gasteiger partial charge in [-0.25, -0.2) is 9.97 Å². The predicted molar refractivity (Wildman–Crippen MR) is 99.8 cm³/mol. The number of nitrogen functional groups attached to an aromatic ring is 1. The number of hydrogen-bond acceptors (Lipinski definition) is 3. The Morgan fingerprint density at radius 1 is 0.750 bits per heavy atom. The summed E-state index contributed by atoms with van der Waals surface area (Å²) in [5.41, 5.74) is 9.54. The Balaban J connectivity index is 1.91. The highest BCUT2D eigenvalue weighted by molar-refractivity contribution is 6.30. The van der Waals surface area contributed by atoms with Crippen molar-refractivity contribution in [3.63, 3.8) is 0 Å². The third-order valence-electron chi connectivity index (χ3n) is 3.95. The van der Waals surface area contributed by atoms with Crippen molar-refractivity contribution in [1.82, 2.24) is 9.97 Å². The highest BCUT2D eigenvalue weighted by atomic mass is 35.5. The van der Waals surface area contributed by atoms with E-state index in [0.717, 1.165) is 27.9 Å². The van der Waals surface area contributed by atoms with E-state index in [1.54, 1.807) is 0 Å². The number of halogens is 1. The maximum absolute atomic E-state index is 5.97. The van der Waals surface area contributed by atoms with E-state index in [9.17, 15) is 0 Å². The topological polar surface area (TPSA) is 51.8 Å². The second-order valence-corrected chi connectivity index (χ2v) is 5.97. The van der Waals surface area contributed by atoms with Crippen molar-refractivity contribution in [2.45, 2.75) is 0 Å². The highest BCUT2D eigenvalue weighted by Crippen LogP contribution is 2.30. The molecule has 4 rings (SSSR count). The molecule has 0 spiro atoms. The summed E-state index contributed by atoms with van der Waals surface area (Å²) in [5.74, 6) is 0.255. The maximum Gasteiger partial charge on any atom is 0.221 e. The van der Waals surface area contributed by atoms with Gasteiger partial charge in [-0.05, 0) is 29.0 Å². The fraction of sp³-hybridized carbons (Fsp3) is 0. The number of anilines is 1. The van der Waals surface area contributed by atoms with Gasteiger partial charge in [0.2, 0.25) is 5.95 Å². The van der Waals surface area contributed by atoms with Crippen LogP contribution in [-0.2, 0) is 0 Å². The van der Waals surface area contributed by atoms with E-state index in [1.165, 1.54) is 5.39 Å². The number of benzene rings is 3. The van der Waals surface area contributed by atoms with Gasteiger partial charge in [-0.15, -0.1) is 0 Å². The summed E-state index contributed by atoms with van der Waals surface area (Å²) in [6.45, 7) is 0. The normalized spacial score (nSPS) is 10.9. The van der Waals surface area contributed by atoms with Gasteiger partial charge in [-0.2, -0.15) is 0 Å². The molecule has 0 bridgehead atoms. The number of nitrogens with two attached hydrogens (primary N) is 1. The molecule has 0 saturated heterocycles. The Bertz CT molecular complexity index is 1020. The molecule has 0 atom stereocenters. The quantitative estimate of drug-likeness (QED) is 0.549. The van der Waals surface area contributed by atoms with Crippen LogP contribution in [-0.4, -0.2) is 9.97 Å². The minimum Gasteiger partial charge on any atom is -0.368 e. The summed E-state index contributed by atoms with van der Waals surface area (Å²) in [7, 11) is 0. The van der Waals surface area contributed by atoms with Crippen LogP contribution in [0.5, 0.6) is 0 Å². The van der Waals surface area contributed by atoms with Crippen LogP contribution in [0, 0.1) is 0 Å². The lowest BCUT2D eigenvalue weighted by molar-refractivity contribution is 1.19. The zero-order valence-corrected chi connectivity index (χ0v) is 13.5. The van der Waals surface area contributed by atoms with Crippen molar-refractivity contribution in [2.75, 3.05) is 5.73 Å². The summed E-state index contributed by atoms with van der Waals surface area (Å²) < 4.78 is 0. The summed E-state index contributed by atoms with van der Waals surface area (Å²) in [6.07, 6.45) is 0. The third kappa shape index (κ3) is 2.70. The second-order valence-electron chi connectivity index (χ2n) is 5.53. The smallest absolute Gasteiger partial charge is 0.221 e. The summed E-state index contributed by atoms with van der Waals surface area (Å²) >= 11 is 5.97. The van der Waals surface area contributed by atoms with Crippen LogP contribution in [0.15, 0.2) is 72.8 Å². The fourth-order valence-electron chi connectivity index (χ4n) is 2.82. The number of nitrogens with zero attached hydrogens (tertiary/aromatic N) is 2. The van der Waals surface area contributed by atoms with Gasteiger partial charge in [-0.3, -0.25) is 0 Å². The first kappa shape index (κ1) is 14.7. The van der Waals surface area contributed by atoms with Crippen molar-refractivity contribution in [3.8, 4) is 22.5 Å². The molecule has 1 heterocycles. The molecule has 0 saturated carbocycles. The van der Waals surface area contributed by atoms with Gasteiger partial charge in [0, 0.05) is 16.1 Å². The van der Waals surface area contributed by atoms with Crippen LogP contribution in [0.2, 0.25) is 5.02 Å². The van der Waals surface area contributed by atoms with Crippen molar-refractivity contribution in [1.29, 1.82) is 0 Å². The van der Waals surface area contributed by atoms with Gasteiger partial charge < -0.3 is 5.73 Å². The van der Waals surface area contributed by atoms with Gasteiger partial charge in [0.25, 0.3) is 0 Å². The van der Waals surface area contributed by atoms with Crippen LogP contribution in [0.1, 0.15) is 0 Å². The summed E-state index contributed by atoms with van der Waals surface area (Å²) in [5, 5.41) is 3.00. The first-order valence-electron chi connectivity index (χ1n) is 7.59. The predicted octanol–water partition coefficient (Wildman–Crippen LogP) is 5.20. The molecule has 0 radical (unpaired) electrons. The van der Waals surface area contributed by atoms with Crippen molar-refractivity contribution < 1.29 is 0 Å². The molecule has 0 aliphatic heterocycles. The van der Waals surface area contributed by atoms with E-state index < -0.39 is 0 Å². The van der Waals surface area contributed by atoms with Crippen molar-refractivity contribution >= 4 is 28.3 Å². The number of aromatic nitrogens is 2. The third-order valence-corrected chi connectivity index (χ3v) is 4.20. The molecule has 0 unspecified atom stereocenters. The van der Waals surface area contributed by atoms with Gasteiger partial charge in [0.1, 0.15) is 0 Å². The molecule has 0 aliphatic carbocycles. The lowest BCUT2D eigenvalue weighted by Crippen LogP contribution is -1.99. The van der Waals surface area contributed by atoms with Gasteiger partial charge in [-0.1, -0.05) is 66.2 Å². The second kappa shape index (κ2) is 5.95. The molecule has 3 nitrogen and oxygen atoms in total. The highest BCUT2D eigenvalue weighted by Gasteiger charge is 2.09. The van der Waals surface area contributed by atoms with E-state index in [4.69, 9.17) is 17.3 Å². The van der Waals surface area contributed by atoms with Crippen LogP contribution in [0.25, 0.3) is 33.3 Å². The average molecular weight is 332 g/mol. The lowest BCUT2D eigenvalue weighted by atomic mass is 10.0. The Hall–Kier alpha value is -2.91. The summed E-state index contributed by atoms with van der Waals surface area (Å²) in [6, 6.07) is 23.9. The molecule has 2 N–H and O–H groups in total. The van der Waals surface area contributed by atoms with Crippen LogP contribution in [0.4, 0.5) is 5.95 Å². The largest absolute Gasteiger partial charge is 0.368 e. The number of rotatable bonds is 2. The molecule has 116 valence electrons. The molecule has 0 fully saturated rings. The molecule has 0 amide bonds. The number of hydrogen-bond donors (Lipinski definition) is 1. The van der Waals surface area contributed by atoms with E-state index in [1.807, 2.05) is 48.5 Å². The minimum atomic E-state index is 0.255. The average Bonchev–Trinajstić information content (AvgIpc) is 2.61. The number of fused-ring (bicyclic) bond motifs is 1. The molecule has 4 heteroatoms. The standard InChI is InChI=1S/C20H14ClN3/c21-15-10-8-14(9-11-15)18-12-19(24-20(22)23-18)17-7-3-5-13-4-1-2-6-16(13)17/h1-12H,(H2,22,23,24). The first-order chi connectivity index (χ1) is 11.7. The monoisotopic (exact) mass is 331 g/mol. The Labute approximate surface area is 144 Å². The van der Waals surface area contributed by atoms with Gasteiger partial charge >= 0.3 is 0 Å².